The Hall–Kier alpha value is -2.92. The average Bonchev–Trinajstić information content (AvgIpc) is 3.34. The molecule has 0 aliphatic heterocycles. The van der Waals surface area contributed by atoms with E-state index in [0.29, 0.717) is 18.0 Å². The fourth-order valence-corrected chi connectivity index (χ4v) is 4.21. The van der Waals surface area contributed by atoms with Crippen molar-refractivity contribution in [1.29, 1.82) is 0 Å². The molecule has 0 fully saturated rings. The SMILES string of the molecule is CCOC(=O)c1c(C)ncn1C1C=C[C@@H](N[C@H](C)c2cccc3ccccc23)C1. The lowest BCUT2D eigenvalue weighted by Crippen LogP contribution is -2.29. The molecule has 4 rings (SSSR count). The Bertz CT molecular complexity index is 1050. The summed E-state index contributed by atoms with van der Waals surface area (Å²) in [4.78, 5) is 16.7. The molecule has 1 aromatic heterocycles. The molecule has 5 nitrogen and oxygen atoms in total. The van der Waals surface area contributed by atoms with Crippen molar-refractivity contribution >= 4 is 16.7 Å². The van der Waals surface area contributed by atoms with Crippen LogP contribution in [0.25, 0.3) is 10.8 Å². The third-order valence-corrected chi connectivity index (χ3v) is 5.62. The molecular weight excluding hydrogens is 362 g/mol. The minimum absolute atomic E-state index is 0.0906. The second-order valence-electron chi connectivity index (χ2n) is 7.56. The second-order valence-corrected chi connectivity index (χ2v) is 7.56. The van der Waals surface area contributed by atoms with Gasteiger partial charge in [-0.05, 0) is 43.5 Å². The summed E-state index contributed by atoms with van der Waals surface area (Å²) in [5.41, 5.74) is 2.55. The van der Waals surface area contributed by atoms with E-state index in [1.807, 2.05) is 18.4 Å². The summed E-state index contributed by atoms with van der Waals surface area (Å²) < 4.78 is 7.16. The fourth-order valence-electron chi connectivity index (χ4n) is 4.21. The van der Waals surface area contributed by atoms with Gasteiger partial charge in [0.25, 0.3) is 0 Å². The second kappa shape index (κ2) is 8.21. The molecule has 1 heterocycles. The summed E-state index contributed by atoms with van der Waals surface area (Å²) in [6, 6.07) is 15.5. The number of rotatable bonds is 6. The maximum absolute atomic E-state index is 12.4. The maximum Gasteiger partial charge on any atom is 0.356 e. The van der Waals surface area contributed by atoms with E-state index >= 15 is 0 Å². The van der Waals surface area contributed by atoms with Crippen molar-refractivity contribution in [3.63, 3.8) is 0 Å². The van der Waals surface area contributed by atoms with E-state index in [9.17, 15) is 4.79 Å². The predicted molar refractivity (Wildman–Crippen MR) is 115 cm³/mol. The highest BCUT2D eigenvalue weighted by Crippen LogP contribution is 2.29. The molecule has 1 N–H and O–H groups in total. The first-order valence-electron chi connectivity index (χ1n) is 10.2. The topological polar surface area (TPSA) is 56.1 Å². The number of esters is 1. The zero-order valence-corrected chi connectivity index (χ0v) is 17.1. The van der Waals surface area contributed by atoms with Crippen molar-refractivity contribution < 1.29 is 9.53 Å². The molecule has 2 aromatic carbocycles. The van der Waals surface area contributed by atoms with E-state index < -0.39 is 0 Å². The lowest BCUT2D eigenvalue weighted by molar-refractivity contribution is 0.0511. The third kappa shape index (κ3) is 3.83. The van der Waals surface area contributed by atoms with Crippen LogP contribution in [0.1, 0.15) is 54.1 Å². The Morgan fingerprint density at radius 1 is 1.24 bits per heavy atom. The van der Waals surface area contributed by atoms with Crippen molar-refractivity contribution in [3.8, 4) is 0 Å². The van der Waals surface area contributed by atoms with E-state index in [2.05, 4.69) is 71.8 Å². The van der Waals surface area contributed by atoms with Gasteiger partial charge in [-0.2, -0.15) is 0 Å². The standard InChI is InChI=1S/C24H27N3O2/c1-4-29-24(28)23-17(3)25-15-27(23)20-13-12-19(14-20)26-16(2)21-11-7-9-18-8-5-6-10-22(18)21/h5-13,15-16,19-20,26H,4,14H2,1-3H3/t16-,19-,20?/m1/s1. The average molecular weight is 389 g/mol. The number of hydrogen-bond acceptors (Lipinski definition) is 4. The zero-order chi connectivity index (χ0) is 20.4. The lowest BCUT2D eigenvalue weighted by atomic mass is 9.99. The first-order chi connectivity index (χ1) is 14.1. The third-order valence-electron chi connectivity index (χ3n) is 5.62. The summed E-state index contributed by atoms with van der Waals surface area (Å²) in [7, 11) is 0. The fraction of sp³-hybridized carbons (Fsp3) is 0.333. The van der Waals surface area contributed by atoms with Crippen molar-refractivity contribution in [1.82, 2.24) is 14.9 Å². The molecule has 0 amide bonds. The van der Waals surface area contributed by atoms with E-state index in [4.69, 9.17) is 4.74 Å². The van der Waals surface area contributed by atoms with Crippen LogP contribution in [-0.2, 0) is 4.74 Å². The number of carbonyl (C=O) groups is 1. The van der Waals surface area contributed by atoms with Crippen LogP contribution in [0, 0.1) is 6.92 Å². The van der Waals surface area contributed by atoms with Gasteiger partial charge in [-0.25, -0.2) is 9.78 Å². The minimum atomic E-state index is -0.309. The molecule has 1 aliphatic carbocycles. The van der Waals surface area contributed by atoms with E-state index in [0.717, 1.165) is 6.42 Å². The van der Waals surface area contributed by atoms with Gasteiger partial charge in [0, 0.05) is 12.1 Å². The Kier molecular flexibility index (Phi) is 5.49. The number of benzene rings is 2. The van der Waals surface area contributed by atoms with Crippen molar-refractivity contribution in [2.24, 2.45) is 0 Å². The van der Waals surface area contributed by atoms with Crippen molar-refractivity contribution in [2.45, 2.75) is 45.3 Å². The van der Waals surface area contributed by atoms with Crippen LogP contribution in [0.4, 0.5) is 0 Å². The molecule has 3 aromatic rings. The molecule has 1 aliphatic rings. The number of aryl methyl sites for hydroxylation is 1. The van der Waals surface area contributed by atoms with Gasteiger partial charge in [0.1, 0.15) is 0 Å². The van der Waals surface area contributed by atoms with Crippen LogP contribution >= 0.6 is 0 Å². The Balaban J connectivity index is 1.49. The van der Waals surface area contributed by atoms with E-state index in [1.54, 1.807) is 6.33 Å². The van der Waals surface area contributed by atoms with Crippen LogP contribution in [-0.4, -0.2) is 28.2 Å². The molecule has 3 atom stereocenters. The summed E-state index contributed by atoms with van der Waals surface area (Å²) in [6.07, 6.45) is 6.96. The normalized spacial score (nSPS) is 19.6. The molecular formula is C24H27N3O2. The molecule has 29 heavy (non-hydrogen) atoms. The highest BCUT2D eigenvalue weighted by atomic mass is 16.5. The largest absolute Gasteiger partial charge is 0.461 e. The molecule has 1 unspecified atom stereocenters. The molecule has 5 heteroatoms. The number of nitrogens with one attached hydrogen (secondary N) is 1. The van der Waals surface area contributed by atoms with Crippen molar-refractivity contribution in [3.05, 3.63) is 77.9 Å². The molecule has 150 valence electrons. The first kappa shape index (κ1) is 19.4. The summed E-state index contributed by atoms with van der Waals surface area (Å²) in [6.45, 7) is 6.23. The molecule has 0 saturated heterocycles. The molecule has 0 spiro atoms. The summed E-state index contributed by atoms with van der Waals surface area (Å²) in [5, 5.41) is 6.27. The van der Waals surface area contributed by atoms with Gasteiger partial charge in [-0.1, -0.05) is 54.6 Å². The number of allylic oxidation sites excluding steroid dienone is 1. The molecule has 0 radical (unpaired) electrons. The van der Waals surface area contributed by atoms with Gasteiger partial charge in [-0.15, -0.1) is 0 Å². The monoisotopic (exact) mass is 389 g/mol. The van der Waals surface area contributed by atoms with Gasteiger partial charge in [-0.3, -0.25) is 0 Å². The van der Waals surface area contributed by atoms with Crippen LogP contribution in [0.2, 0.25) is 0 Å². The lowest BCUT2D eigenvalue weighted by Gasteiger charge is -2.22. The Morgan fingerprint density at radius 2 is 2.03 bits per heavy atom. The Labute approximate surface area is 171 Å². The van der Waals surface area contributed by atoms with Crippen LogP contribution < -0.4 is 5.32 Å². The predicted octanol–water partition coefficient (Wildman–Crippen LogP) is 4.74. The van der Waals surface area contributed by atoms with Crippen LogP contribution in [0.5, 0.6) is 0 Å². The number of ether oxygens (including phenoxy) is 1. The first-order valence-corrected chi connectivity index (χ1v) is 10.2. The number of imidazole rings is 1. The van der Waals surface area contributed by atoms with Gasteiger partial charge < -0.3 is 14.6 Å². The van der Waals surface area contributed by atoms with Gasteiger partial charge in [0.15, 0.2) is 5.69 Å². The number of hydrogen-bond donors (Lipinski definition) is 1. The quantitative estimate of drug-likeness (QED) is 0.489. The number of fused-ring (bicyclic) bond motifs is 1. The number of aromatic nitrogens is 2. The summed E-state index contributed by atoms with van der Waals surface area (Å²) in [5.74, 6) is -0.309. The highest BCUT2D eigenvalue weighted by Gasteiger charge is 2.27. The smallest absolute Gasteiger partial charge is 0.356 e. The van der Waals surface area contributed by atoms with E-state index in [-0.39, 0.29) is 24.1 Å². The molecule has 0 bridgehead atoms. The van der Waals surface area contributed by atoms with Gasteiger partial charge in [0.05, 0.1) is 24.7 Å². The summed E-state index contributed by atoms with van der Waals surface area (Å²) >= 11 is 0. The maximum atomic E-state index is 12.4. The zero-order valence-electron chi connectivity index (χ0n) is 17.1. The van der Waals surface area contributed by atoms with Crippen molar-refractivity contribution in [2.75, 3.05) is 6.61 Å². The number of carbonyl (C=O) groups excluding carboxylic acids is 1. The number of nitrogens with zero attached hydrogens (tertiary/aromatic N) is 2. The Morgan fingerprint density at radius 3 is 2.86 bits per heavy atom. The van der Waals surface area contributed by atoms with Gasteiger partial charge >= 0.3 is 5.97 Å². The van der Waals surface area contributed by atoms with Gasteiger partial charge in [0.2, 0.25) is 0 Å². The van der Waals surface area contributed by atoms with Crippen LogP contribution in [0.15, 0.2) is 60.9 Å². The minimum Gasteiger partial charge on any atom is -0.461 e. The van der Waals surface area contributed by atoms with E-state index in [1.165, 1.54) is 16.3 Å². The highest BCUT2D eigenvalue weighted by molar-refractivity contribution is 5.89. The molecule has 0 saturated carbocycles. The van der Waals surface area contributed by atoms with Crippen LogP contribution in [0.3, 0.4) is 0 Å².